The van der Waals surface area contributed by atoms with Crippen LogP contribution in [-0.2, 0) is 19.4 Å². The molecule has 0 saturated heterocycles. The van der Waals surface area contributed by atoms with Gasteiger partial charge >= 0.3 is 0 Å². The van der Waals surface area contributed by atoms with E-state index in [0.717, 1.165) is 17.7 Å². The van der Waals surface area contributed by atoms with Gasteiger partial charge < -0.3 is 0 Å². The zero-order chi connectivity index (χ0) is 19.8. The fraction of sp³-hybridized carbons (Fsp3) is 0.381. The second-order valence-electron chi connectivity index (χ2n) is 7.66. The number of thiazole rings is 1. The fourth-order valence-corrected chi connectivity index (χ4v) is 4.68. The number of aryl methyl sites for hydroxylation is 3. The Morgan fingerprint density at radius 3 is 2.89 bits per heavy atom. The summed E-state index contributed by atoms with van der Waals surface area (Å²) >= 11 is 7.83. The largest absolute Gasteiger partial charge is 0.298 e. The quantitative estimate of drug-likeness (QED) is 0.610. The first-order valence-corrected chi connectivity index (χ1v) is 10.8. The minimum atomic E-state index is -0.271. The number of hydrogen-bond acceptors (Lipinski definition) is 4. The van der Waals surface area contributed by atoms with E-state index in [0.29, 0.717) is 34.0 Å². The Morgan fingerprint density at radius 1 is 1.32 bits per heavy atom. The van der Waals surface area contributed by atoms with Gasteiger partial charge in [-0.3, -0.25) is 14.8 Å². The van der Waals surface area contributed by atoms with Gasteiger partial charge in [-0.15, -0.1) is 11.3 Å². The molecule has 0 bridgehead atoms. The van der Waals surface area contributed by atoms with Gasteiger partial charge in [0.2, 0.25) is 0 Å². The zero-order valence-electron chi connectivity index (χ0n) is 16.3. The third-order valence-corrected chi connectivity index (χ3v) is 6.09. The Balaban J connectivity index is 1.53. The summed E-state index contributed by atoms with van der Waals surface area (Å²) in [6.07, 6.45) is 3.52. The topological polar surface area (TPSA) is 59.8 Å². The Morgan fingerprint density at radius 2 is 2.11 bits per heavy atom. The summed E-state index contributed by atoms with van der Waals surface area (Å²) in [5, 5.41) is 10.2. The summed E-state index contributed by atoms with van der Waals surface area (Å²) in [5.74, 6) is 0.119. The molecule has 1 N–H and O–H groups in total. The number of rotatable bonds is 5. The summed E-state index contributed by atoms with van der Waals surface area (Å²) in [6.45, 7) is 6.65. The molecule has 2 aromatic heterocycles. The number of hydrogen-bond donors (Lipinski definition) is 1. The zero-order valence-corrected chi connectivity index (χ0v) is 17.8. The van der Waals surface area contributed by atoms with Gasteiger partial charge in [0.05, 0.1) is 17.0 Å². The molecule has 0 spiro atoms. The van der Waals surface area contributed by atoms with E-state index < -0.39 is 0 Å². The summed E-state index contributed by atoms with van der Waals surface area (Å²) in [7, 11) is 0. The highest BCUT2D eigenvalue weighted by atomic mass is 35.5. The molecule has 5 nitrogen and oxygen atoms in total. The second-order valence-corrected chi connectivity index (χ2v) is 8.87. The van der Waals surface area contributed by atoms with Crippen LogP contribution in [0.25, 0.3) is 11.3 Å². The Kier molecular flexibility index (Phi) is 5.25. The van der Waals surface area contributed by atoms with Crippen LogP contribution in [0.15, 0.2) is 23.6 Å². The lowest BCUT2D eigenvalue weighted by Crippen LogP contribution is -2.13. The molecule has 7 heteroatoms. The van der Waals surface area contributed by atoms with Crippen LogP contribution in [0, 0.1) is 12.8 Å². The maximum absolute atomic E-state index is 12.8. The average Bonchev–Trinajstić information content (AvgIpc) is 3.34. The predicted octanol–water partition coefficient (Wildman–Crippen LogP) is 5.37. The number of nitrogens with zero attached hydrogens (tertiary/aromatic N) is 3. The molecule has 1 amide bonds. The molecule has 0 radical (unpaired) electrons. The second kappa shape index (κ2) is 7.68. The van der Waals surface area contributed by atoms with Crippen LogP contribution < -0.4 is 5.32 Å². The normalized spacial score (nSPS) is 13.2. The van der Waals surface area contributed by atoms with Crippen molar-refractivity contribution in [1.82, 2.24) is 14.8 Å². The van der Waals surface area contributed by atoms with Crippen molar-refractivity contribution in [3.8, 4) is 11.3 Å². The molecule has 1 aliphatic carbocycles. The van der Waals surface area contributed by atoms with Crippen LogP contribution in [0.3, 0.4) is 0 Å². The van der Waals surface area contributed by atoms with E-state index in [-0.39, 0.29) is 5.91 Å². The van der Waals surface area contributed by atoms with Crippen molar-refractivity contribution in [2.45, 2.75) is 46.6 Å². The first kappa shape index (κ1) is 19.2. The smallest absolute Gasteiger partial charge is 0.262 e. The highest BCUT2D eigenvalue weighted by Gasteiger charge is 2.22. The van der Waals surface area contributed by atoms with Gasteiger partial charge in [0.25, 0.3) is 5.91 Å². The molecule has 0 aliphatic heterocycles. The SMILES string of the molecule is Cc1nn(CC(C)C)c(Cl)c1C(=O)Nc1nc(-c2ccc3c(c2)CCC3)cs1. The maximum atomic E-state index is 12.8. The lowest BCUT2D eigenvalue weighted by atomic mass is 10.1. The molecule has 0 atom stereocenters. The van der Waals surface area contributed by atoms with Crippen molar-refractivity contribution >= 4 is 34.0 Å². The Bertz CT molecular complexity index is 1040. The highest BCUT2D eigenvalue weighted by Crippen LogP contribution is 2.30. The molecular weight excluding hydrogens is 392 g/mol. The minimum Gasteiger partial charge on any atom is -0.298 e. The number of anilines is 1. The van der Waals surface area contributed by atoms with Crippen LogP contribution in [0.4, 0.5) is 5.13 Å². The van der Waals surface area contributed by atoms with Gasteiger partial charge in [0.15, 0.2) is 5.13 Å². The number of aromatic nitrogens is 3. The van der Waals surface area contributed by atoms with Gasteiger partial charge in [-0.25, -0.2) is 4.98 Å². The molecule has 1 aliphatic rings. The summed E-state index contributed by atoms with van der Waals surface area (Å²) in [4.78, 5) is 17.4. The summed E-state index contributed by atoms with van der Waals surface area (Å²) in [5.41, 5.74) is 5.87. The van der Waals surface area contributed by atoms with Crippen molar-refractivity contribution in [1.29, 1.82) is 0 Å². The van der Waals surface area contributed by atoms with Crippen molar-refractivity contribution in [3.05, 3.63) is 51.1 Å². The van der Waals surface area contributed by atoms with E-state index in [1.54, 1.807) is 11.6 Å². The van der Waals surface area contributed by atoms with Crippen molar-refractivity contribution in [2.24, 2.45) is 5.92 Å². The Labute approximate surface area is 173 Å². The Hall–Kier alpha value is -2.18. The monoisotopic (exact) mass is 414 g/mol. The number of benzene rings is 1. The maximum Gasteiger partial charge on any atom is 0.262 e. The fourth-order valence-electron chi connectivity index (χ4n) is 3.63. The van der Waals surface area contributed by atoms with Crippen LogP contribution >= 0.6 is 22.9 Å². The number of carbonyl (C=O) groups excluding carboxylic acids is 1. The van der Waals surface area contributed by atoms with Gasteiger partial charge in [0.1, 0.15) is 5.15 Å². The molecule has 2 heterocycles. The molecule has 0 fully saturated rings. The molecule has 146 valence electrons. The van der Waals surface area contributed by atoms with Crippen molar-refractivity contribution in [2.75, 3.05) is 5.32 Å². The minimum absolute atomic E-state index is 0.271. The molecule has 1 aromatic carbocycles. The van der Waals surface area contributed by atoms with Gasteiger partial charge in [-0.2, -0.15) is 5.10 Å². The summed E-state index contributed by atoms with van der Waals surface area (Å²) < 4.78 is 1.69. The first-order valence-electron chi connectivity index (χ1n) is 9.54. The molecular formula is C21H23ClN4OS. The molecule has 28 heavy (non-hydrogen) atoms. The lowest BCUT2D eigenvalue weighted by molar-refractivity contribution is 0.102. The van der Waals surface area contributed by atoms with Gasteiger partial charge in [-0.1, -0.05) is 37.6 Å². The highest BCUT2D eigenvalue weighted by molar-refractivity contribution is 7.14. The number of amides is 1. The van der Waals surface area contributed by atoms with Crippen LogP contribution in [0.5, 0.6) is 0 Å². The number of fused-ring (bicyclic) bond motifs is 1. The molecule has 0 saturated carbocycles. The van der Waals surface area contributed by atoms with Gasteiger partial charge in [-0.05, 0) is 49.3 Å². The number of nitrogens with one attached hydrogen (secondary N) is 1. The van der Waals surface area contributed by atoms with E-state index in [2.05, 4.69) is 47.4 Å². The molecule has 0 unspecified atom stereocenters. The number of halogens is 1. The van der Waals surface area contributed by atoms with E-state index in [1.807, 2.05) is 5.38 Å². The molecule has 4 rings (SSSR count). The first-order chi connectivity index (χ1) is 13.4. The number of carbonyl (C=O) groups is 1. The van der Waals surface area contributed by atoms with E-state index in [1.165, 1.54) is 35.3 Å². The average molecular weight is 415 g/mol. The van der Waals surface area contributed by atoms with Crippen LogP contribution in [-0.4, -0.2) is 20.7 Å². The third-order valence-electron chi connectivity index (χ3n) is 4.95. The van der Waals surface area contributed by atoms with Crippen molar-refractivity contribution in [3.63, 3.8) is 0 Å². The standard InChI is InChI=1S/C21H23ClN4OS/c1-12(2)10-26-19(22)18(13(3)25-26)20(27)24-21-23-17(11-28-21)16-8-7-14-5-4-6-15(14)9-16/h7-9,11-12H,4-6,10H2,1-3H3,(H,23,24,27). The molecule has 3 aromatic rings. The van der Waals surface area contributed by atoms with E-state index >= 15 is 0 Å². The van der Waals surface area contributed by atoms with E-state index in [4.69, 9.17) is 11.6 Å². The van der Waals surface area contributed by atoms with Crippen LogP contribution in [0.1, 0.15) is 47.4 Å². The van der Waals surface area contributed by atoms with Crippen molar-refractivity contribution < 1.29 is 4.79 Å². The third kappa shape index (κ3) is 3.71. The van der Waals surface area contributed by atoms with E-state index in [9.17, 15) is 4.79 Å². The van der Waals surface area contributed by atoms with Crippen LogP contribution in [0.2, 0.25) is 5.15 Å². The van der Waals surface area contributed by atoms with Gasteiger partial charge in [0, 0.05) is 17.5 Å². The lowest BCUT2D eigenvalue weighted by Gasteiger charge is -2.06. The predicted molar refractivity (Wildman–Crippen MR) is 114 cm³/mol. The summed E-state index contributed by atoms with van der Waals surface area (Å²) in [6, 6.07) is 6.53.